The molecule has 1 N–H and O–H groups in total. The van der Waals surface area contributed by atoms with Crippen molar-refractivity contribution in [2.75, 3.05) is 27.5 Å². The van der Waals surface area contributed by atoms with Crippen LogP contribution in [-0.4, -0.2) is 37.5 Å². The standard InChI is InChI=1S/C29H39NO4/c1-28(2,3)18-13-20(19-8-10-29(4,5)21(19)14-18)23(31)15-22-25-17(9-11-30(22)6)12-24-26(27(25)32-7)34-16-33-24/h12-14,22-23,31H,8-11,15-16H2,1-7H3/t22-,23+/m1/s1. The second kappa shape index (κ2) is 8.17. The monoisotopic (exact) mass is 465 g/mol. The van der Waals surface area contributed by atoms with Crippen molar-refractivity contribution >= 4 is 0 Å². The van der Waals surface area contributed by atoms with Gasteiger partial charge in [-0.1, -0.05) is 46.8 Å². The van der Waals surface area contributed by atoms with Crippen molar-refractivity contribution in [2.45, 2.75) is 83.3 Å². The molecule has 0 fully saturated rings. The molecule has 184 valence electrons. The van der Waals surface area contributed by atoms with Crippen LogP contribution in [0.2, 0.25) is 0 Å². The highest BCUT2D eigenvalue weighted by atomic mass is 16.7. The first-order valence-electron chi connectivity index (χ1n) is 12.6. The third-order valence-electron chi connectivity index (χ3n) is 8.23. The number of nitrogens with zero attached hydrogens (tertiary/aromatic N) is 1. The third-order valence-corrected chi connectivity index (χ3v) is 8.23. The van der Waals surface area contributed by atoms with Crippen molar-refractivity contribution in [3.8, 4) is 17.2 Å². The molecular weight excluding hydrogens is 426 g/mol. The van der Waals surface area contributed by atoms with E-state index in [9.17, 15) is 5.11 Å². The molecule has 0 aromatic heterocycles. The molecule has 1 aliphatic carbocycles. The molecule has 2 aromatic rings. The number of aliphatic hydroxyl groups excluding tert-OH is 1. The second-order valence-electron chi connectivity index (χ2n) is 11.9. The number of rotatable bonds is 4. The van der Waals surface area contributed by atoms with Gasteiger partial charge in [0.1, 0.15) is 0 Å². The lowest BCUT2D eigenvalue weighted by Gasteiger charge is -2.37. The van der Waals surface area contributed by atoms with Gasteiger partial charge in [0.15, 0.2) is 11.5 Å². The average molecular weight is 466 g/mol. The maximum absolute atomic E-state index is 11.8. The van der Waals surface area contributed by atoms with Crippen LogP contribution in [0.15, 0.2) is 18.2 Å². The number of hydrogen-bond donors (Lipinski definition) is 1. The maximum Gasteiger partial charge on any atom is 0.231 e. The van der Waals surface area contributed by atoms with Crippen molar-refractivity contribution in [3.05, 3.63) is 51.6 Å². The molecule has 0 saturated carbocycles. The zero-order valence-electron chi connectivity index (χ0n) is 21.7. The van der Waals surface area contributed by atoms with Crippen LogP contribution >= 0.6 is 0 Å². The molecule has 2 atom stereocenters. The Morgan fingerprint density at radius 1 is 1.18 bits per heavy atom. The van der Waals surface area contributed by atoms with E-state index in [4.69, 9.17) is 14.2 Å². The molecule has 3 aliphatic rings. The van der Waals surface area contributed by atoms with E-state index in [0.717, 1.165) is 48.4 Å². The molecule has 5 rings (SSSR count). The molecule has 2 aromatic carbocycles. The van der Waals surface area contributed by atoms with Crippen molar-refractivity contribution in [2.24, 2.45) is 0 Å². The van der Waals surface area contributed by atoms with Gasteiger partial charge in [-0.2, -0.15) is 0 Å². The highest BCUT2D eigenvalue weighted by molar-refractivity contribution is 5.62. The fourth-order valence-electron chi connectivity index (χ4n) is 6.04. The fraction of sp³-hybridized carbons (Fsp3) is 0.586. The summed E-state index contributed by atoms with van der Waals surface area (Å²) in [4.78, 5) is 2.34. The van der Waals surface area contributed by atoms with E-state index in [-0.39, 0.29) is 23.7 Å². The van der Waals surface area contributed by atoms with E-state index >= 15 is 0 Å². The van der Waals surface area contributed by atoms with Crippen molar-refractivity contribution in [1.29, 1.82) is 0 Å². The van der Waals surface area contributed by atoms with Crippen LogP contribution in [0.5, 0.6) is 17.2 Å². The van der Waals surface area contributed by atoms with Crippen LogP contribution in [0.1, 0.15) is 93.0 Å². The zero-order chi connectivity index (χ0) is 24.4. The molecule has 2 heterocycles. The van der Waals surface area contributed by atoms with Gasteiger partial charge in [0.25, 0.3) is 0 Å². The third kappa shape index (κ3) is 3.77. The van der Waals surface area contributed by atoms with E-state index in [1.165, 1.54) is 22.3 Å². The van der Waals surface area contributed by atoms with Crippen LogP contribution in [0.25, 0.3) is 0 Å². The van der Waals surface area contributed by atoms with Gasteiger partial charge in [-0.15, -0.1) is 0 Å². The Bertz CT molecular complexity index is 1110. The summed E-state index contributed by atoms with van der Waals surface area (Å²) >= 11 is 0. The van der Waals surface area contributed by atoms with Gasteiger partial charge in [0, 0.05) is 18.2 Å². The van der Waals surface area contributed by atoms with Gasteiger partial charge < -0.3 is 19.3 Å². The normalized spacial score (nSPS) is 21.8. The molecule has 0 bridgehead atoms. The van der Waals surface area contributed by atoms with E-state index in [1.54, 1.807) is 7.11 Å². The topological polar surface area (TPSA) is 51.2 Å². The molecule has 2 aliphatic heterocycles. The van der Waals surface area contributed by atoms with Gasteiger partial charge >= 0.3 is 0 Å². The number of benzene rings is 2. The Balaban J connectivity index is 1.57. The molecule has 0 amide bonds. The minimum atomic E-state index is -0.557. The molecule has 0 radical (unpaired) electrons. The molecule has 34 heavy (non-hydrogen) atoms. The Hall–Kier alpha value is -2.24. The summed E-state index contributed by atoms with van der Waals surface area (Å²) in [6.07, 6.45) is 3.13. The van der Waals surface area contributed by atoms with Gasteiger partial charge in [0.05, 0.1) is 13.2 Å². The summed E-state index contributed by atoms with van der Waals surface area (Å²) in [7, 11) is 3.84. The summed E-state index contributed by atoms with van der Waals surface area (Å²) in [5, 5.41) is 11.8. The van der Waals surface area contributed by atoms with E-state index in [0.29, 0.717) is 12.2 Å². The number of likely N-dealkylation sites (N-methyl/N-ethyl adjacent to an activating group) is 1. The zero-order valence-corrected chi connectivity index (χ0v) is 21.7. The number of aliphatic hydroxyl groups is 1. The predicted molar refractivity (Wildman–Crippen MR) is 134 cm³/mol. The van der Waals surface area contributed by atoms with Gasteiger partial charge in [0.2, 0.25) is 12.5 Å². The van der Waals surface area contributed by atoms with Crippen LogP contribution < -0.4 is 14.2 Å². The van der Waals surface area contributed by atoms with Crippen LogP contribution in [0.3, 0.4) is 0 Å². The Morgan fingerprint density at radius 2 is 1.94 bits per heavy atom. The predicted octanol–water partition coefficient (Wildman–Crippen LogP) is 5.60. The molecule has 5 nitrogen and oxygen atoms in total. The first kappa shape index (κ1) is 23.5. The molecule has 0 saturated heterocycles. The fourth-order valence-corrected chi connectivity index (χ4v) is 6.04. The minimum Gasteiger partial charge on any atom is -0.492 e. The maximum atomic E-state index is 11.8. The number of methoxy groups -OCH3 is 1. The lowest BCUT2D eigenvalue weighted by Crippen LogP contribution is -2.33. The Morgan fingerprint density at radius 3 is 2.65 bits per heavy atom. The van der Waals surface area contributed by atoms with Gasteiger partial charge in [-0.3, -0.25) is 4.90 Å². The highest BCUT2D eigenvalue weighted by Gasteiger charge is 2.38. The molecule has 5 heteroatoms. The molecular formula is C29H39NO4. The van der Waals surface area contributed by atoms with E-state index in [2.05, 4.69) is 64.8 Å². The molecule has 0 unspecified atom stereocenters. The lowest BCUT2D eigenvalue weighted by molar-refractivity contribution is 0.107. The van der Waals surface area contributed by atoms with E-state index in [1.807, 2.05) is 0 Å². The largest absolute Gasteiger partial charge is 0.492 e. The summed E-state index contributed by atoms with van der Waals surface area (Å²) in [5.41, 5.74) is 7.68. The van der Waals surface area contributed by atoms with Crippen molar-refractivity contribution < 1.29 is 19.3 Å². The SMILES string of the molecule is COc1c2c(cc3c1[C@@H](C[C@H](O)c1cc(C(C)(C)C)cc4c1CCC4(C)C)N(C)CC3)OCO2. The van der Waals surface area contributed by atoms with Crippen LogP contribution in [0, 0.1) is 0 Å². The van der Waals surface area contributed by atoms with Crippen molar-refractivity contribution in [1.82, 2.24) is 4.90 Å². The highest BCUT2D eigenvalue weighted by Crippen LogP contribution is 2.51. The summed E-state index contributed by atoms with van der Waals surface area (Å²) in [6.45, 7) is 12.6. The number of ether oxygens (including phenoxy) is 3. The molecule has 0 spiro atoms. The van der Waals surface area contributed by atoms with E-state index < -0.39 is 6.10 Å². The smallest absolute Gasteiger partial charge is 0.231 e. The summed E-state index contributed by atoms with van der Waals surface area (Å²) in [5.74, 6) is 2.20. The van der Waals surface area contributed by atoms with Gasteiger partial charge in [-0.25, -0.2) is 0 Å². The second-order valence-corrected chi connectivity index (χ2v) is 11.9. The quantitative estimate of drug-likeness (QED) is 0.637. The first-order valence-corrected chi connectivity index (χ1v) is 12.6. The lowest BCUT2D eigenvalue weighted by atomic mass is 9.78. The Labute approximate surface area is 204 Å². The minimum absolute atomic E-state index is 0.0253. The first-order chi connectivity index (χ1) is 16.0. The van der Waals surface area contributed by atoms with Crippen molar-refractivity contribution in [3.63, 3.8) is 0 Å². The van der Waals surface area contributed by atoms with Crippen LogP contribution in [-0.2, 0) is 23.7 Å². The number of fused-ring (bicyclic) bond motifs is 3. The van der Waals surface area contributed by atoms with Gasteiger partial charge in [-0.05, 0) is 77.4 Å². The average Bonchev–Trinajstić information content (AvgIpc) is 3.36. The number of hydrogen-bond acceptors (Lipinski definition) is 5. The Kier molecular flexibility index (Phi) is 5.64. The summed E-state index contributed by atoms with van der Waals surface area (Å²) < 4.78 is 17.3. The van der Waals surface area contributed by atoms with Crippen LogP contribution in [0.4, 0.5) is 0 Å². The summed E-state index contributed by atoms with van der Waals surface area (Å²) in [6, 6.07) is 6.80.